The summed E-state index contributed by atoms with van der Waals surface area (Å²) in [6.45, 7) is 4.95. The molecule has 0 aliphatic carbocycles. The Morgan fingerprint density at radius 1 is 0.965 bits per heavy atom. The highest BCUT2D eigenvalue weighted by atomic mass is 32.1. The summed E-state index contributed by atoms with van der Waals surface area (Å²) in [6.07, 6.45) is -6.96. The van der Waals surface area contributed by atoms with Gasteiger partial charge in [-0.15, -0.1) is 0 Å². The molecule has 0 aliphatic heterocycles. The molecular weight excluding hydrogens is 791 g/mol. The second-order valence-corrected chi connectivity index (χ2v) is 13.9. The number of aliphatic carboxylic acids is 1. The van der Waals surface area contributed by atoms with Crippen LogP contribution in [0.15, 0.2) is 79.1 Å². The van der Waals surface area contributed by atoms with Gasteiger partial charge in [0.15, 0.2) is 5.69 Å². The number of primary amides is 1. The Kier molecular flexibility index (Phi) is 13.6. The molecule has 5 aromatic rings. The number of nitrogens with zero attached hydrogens (tertiary/aromatic N) is 3. The largest absolute Gasteiger partial charge is 0.542 e. The van der Waals surface area contributed by atoms with Crippen LogP contribution in [-0.4, -0.2) is 56.8 Å². The summed E-state index contributed by atoms with van der Waals surface area (Å²) in [6, 6.07) is 12.8. The number of carbonyl (C=O) groups excluding carboxylic acids is 4. The third-order valence-corrected chi connectivity index (χ3v) is 8.99. The molecule has 0 aliphatic rings. The van der Waals surface area contributed by atoms with E-state index in [-0.39, 0.29) is 42.5 Å². The summed E-state index contributed by atoms with van der Waals surface area (Å²) >= 11 is 1.35. The van der Waals surface area contributed by atoms with E-state index in [4.69, 9.17) is 20.4 Å². The van der Waals surface area contributed by atoms with Crippen LogP contribution in [0.3, 0.4) is 0 Å². The van der Waals surface area contributed by atoms with E-state index in [2.05, 4.69) is 5.32 Å². The number of carbonyl (C=O) groups is 4. The third-order valence-electron chi connectivity index (χ3n) is 7.95. The van der Waals surface area contributed by atoms with Gasteiger partial charge in [-0.1, -0.05) is 29.5 Å². The third kappa shape index (κ3) is 11.7. The van der Waals surface area contributed by atoms with Gasteiger partial charge in [0.2, 0.25) is 5.91 Å². The highest BCUT2D eigenvalue weighted by Crippen LogP contribution is 2.32. The van der Waals surface area contributed by atoms with Crippen molar-refractivity contribution in [2.45, 2.75) is 64.8 Å². The second kappa shape index (κ2) is 17.7. The van der Waals surface area contributed by atoms with Gasteiger partial charge in [0.1, 0.15) is 42.5 Å². The first kappa shape index (κ1) is 43.5. The lowest BCUT2D eigenvalue weighted by Crippen LogP contribution is -2.50. The standard InChI is InChI=1S/C35H33F4N5O5S.C2HF3O2/c1-20(2)49-32(47)24-7-9-25(10-8-24)41-33(48)44(30(31(40)46)15-22-4-11-27(45)12-5-22)19-26-18-42-16-21(3)50-34(42)43(26)17-23-6-13-29(36)28(14-23)35(37,38)39;3-2(4,5)1(6)7/h4-14,16,18,20,30H,15,17,19H2,1-3H3,(H3-,40,41,45,46,47,48);(H,6,7)/t30-;/m0./s1. The lowest BCUT2D eigenvalue weighted by molar-refractivity contribution is -0.506. The number of aromatic nitrogens is 2. The number of phenols is 1. The van der Waals surface area contributed by atoms with E-state index in [1.165, 1.54) is 58.7 Å². The number of thiazole rings is 1. The fourth-order valence-corrected chi connectivity index (χ4v) is 6.32. The first-order valence-corrected chi connectivity index (χ1v) is 17.4. The zero-order valence-corrected chi connectivity index (χ0v) is 31.0. The predicted molar refractivity (Wildman–Crippen MR) is 188 cm³/mol. The molecule has 0 saturated heterocycles. The number of nitrogens with one attached hydrogen (secondary N) is 1. The van der Waals surface area contributed by atoms with Crippen LogP contribution in [-0.2, 0) is 40.0 Å². The molecule has 0 fully saturated rings. The summed E-state index contributed by atoms with van der Waals surface area (Å²) in [5.41, 5.74) is 6.22. The van der Waals surface area contributed by atoms with Crippen molar-refractivity contribution in [3.63, 3.8) is 0 Å². The van der Waals surface area contributed by atoms with Gasteiger partial charge in [0.05, 0.1) is 23.8 Å². The number of urea groups is 1. The quantitative estimate of drug-likeness (QED) is 0.0897. The van der Waals surface area contributed by atoms with E-state index < -0.39 is 53.7 Å². The predicted octanol–water partition coefficient (Wildman–Crippen LogP) is 5.50. The number of nitrogens with two attached hydrogens (primary N) is 1. The summed E-state index contributed by atoms with van der Waals surface area (Å²) in [4.78, 5) is 50.9. The van der Waals surface area contributed by atoms with E-state index in [1.807, 2.05) is 13.1 Å². The molecular formula is C37H34F7N5O7S. The van der Waals surface area contributed by atoms with Gasteiger partial charge in [-0.3, -0.25) is 4.79 Å². The maximum absolute atomic E-state index is 14.1. The van der Waals surface area contributed by atoms with Gasteiger partial charge < -0.3 is 35.7 Å². The van der Waals surface area contributed by atoms with Crippen LogP contribution >= 0.6 is 11.3 Å². The lowest BCUT2D eigenvalue weighted by atomic mass is 10.0. The molecule has 2 heterocycles. The number of benzene rings is 3. The number of rotatable bonds is 11. The van der Waals surface area contributed by atoms with Gasteiger partial charge in [-0.25, -0.2) is 18.5 Å². The molecule has 0 saturated carbocycles. The average molecular weight is 826 g/mol. The molecule has 0 radical (unpaired) electrons. The SMILES string of the molecule is Cc1c[n+]2cc(CN(C(=O)Nc3ccc(C(=O)OC(C)C)cc3)[C@@H](Cc3ccc(O)cc3)C(N)=O)n(Cc3ccc(F)c(C(F)(F)F)c3)c2s1.O=C([O-])C(F)(F)F. The van der Waals surface area contributed by atoms with Gasteiger partial charge in [0, 0.05) is 17.0 Å². The molecule has 0 spiro atoms. The number of imidazole rings is 1. The van der Waals surface area contributed by atoms with Gasteiger partial charge >= 0.3 is 29.3 Å². The lowest BCUT2D eigenvalue weighted by Gasteiger charge is -2.29. The summed E-state index contributed by atoms with van der Waals surface area (Å²) in [5, 5.41) is 21.3. The zero-order valence-electron chi connectivity index (χ0n) is 30.2. The van der Waals surface area contributed by atoms with E-state index in [1.54, 1.807) is 41.1 Å². The van der Waals surface area contributed by atoms with Crippen molar-refractivity contribution in [1.29, 1.82) is 0 Å². The Labute approximate surface area is 323 Å². The molecule has 3 amide bonds. The number of esters is 1. The molecule has 4 N–H and O–H groups in total. The molecule has 3 aromatic carbocycles. The number of anilines is 1. The summed E-state index contributed by atoms with van der Waals surface area (Å²) in [7, 11) is 0. The highest BCUT2D eigenvalue weighted by Gasteiger charge is 2.36. The van der Waals surface area contributed by atoms with Crippen molar-refractivity contribution in [2.24, 2.45) is 5.73 Å². The molecule has 2 aromatic heterocycles. The Morgan fingerprint density at radius 3 is 2.11 bits per heavy atom. The molecule has 0 unspecified atom stereocenters. The minimum absolute atomic E-state index is 0.000568. The maximum atomic E-state index is 14.1. The molecule has 20 heteroatoms. The van der Waals surface area contributed by atoms with Crippen molar-refractivity contribution < 1.29 is 69.3 Å². The van der Waals surface area contributed by atoms with Crippen molar-refractivity contribution >= 4 is 45.9 Å². The minimum atomic E-state index is -5.19. The number of aromatic hydroxyl groups is 1. The Morgan fingerprint density at radius 2 is 1.56 bits per heavy atom. The van der Waals surface area contributed by atoms with Gasteiger partial charge in [-0.2, -0.15) is 30.7 Å². The molecule has 57 heavy (non-hydrogen) atoms. The van der Waals surface area contributed by atoms with Crippen LogP contribution in [0.25, 0.3) is 4.96 Å². The minimum Gasteiger partial charge on any atom is -0.542 e. The first-order valence-electron chi connectivity index (χ1n) is 16.6. The Balaban J connectivity index is 0.000000940. The monoisotopic (exact) mass is 825 g/mol. The fourth-order valence-electron chi connectivity index (χ4n) is 5.36. The Bertz CT molecular complexity index is 2240. The number of phenolic OH excluding ortho intramolecular Hbond substituents is 1. The maximum Gasteiger partial charge on any atom is 0.430 e. The number of hydrogen-bond donors (Lipinski definition) is 3. The van der Waals surface area contributed by atoms with Crippen LogP contribution < -0.4 is 20.6 Å². The summed E-state index contributed by atoms with van der Waals surface area (Å²) < 4.78 is 95.1. The van der Waals surface area contributed by atoms with Crippen LogP contribution in [0.4, 0.5) is 41.2 Å². The normalized spacial score (nSPS) is 12.1. The van der Waals surface area contributed by atoms with Crippen molar-refractivity contribution in [3.05, 3.63) is 118 Å². The fraction of sp³-hybridized carbons (Fsp3) is 0.270. The van der Waals surface area contributed by atoms with Gasteiger partial charge in [0.25, 0.3) is 0 Å². The number of carboxylic acids is 1. The highest BCUT2D eigenvalue weighted by molar-refractivity contribution is 7.16. The number of halogens is 7. The topological polar surface area (TPSA) is 171 Å². The number of aryl methyl sites for hydroxylation is 1. The molecule has 5 rings (SSSR count). The van der Waals surface area contributed by atoms with Crippen LogP contribution in [0.1, 0.15) is 51.5 Å². The Hall–Kier alpha value is -6.18. The van der Waals surface area contributed by atoms with E-state index >= 15 is 0 Å². The number of hydrogen-bond acceptors (Lipinski definition) is 8. The van der Waals surface area contributed by atoms with E-state index in [9.17, 15) is 50.2 Å². The van der Waals surface area contributed by atoms with E-state index in [0.717, 1.165) is 17.0 Å². The number of alkyl halides is 6. The van der Waals surface area contributed by atoms with Crippen LogP contribution in [0.2, 0.25) is 0 Å². The molecule has 0 bridgehead atoms. The number of carboxylic acid groups (broad SMARTS) is 1. The molecule has 304 valence electrons. The van der Waals surface area contributed by atoms with Crippen molar-refractivity contribution in [2.75, 3.05) is 5.32 Å². The number of fused-ring (bicyclic) bond motifs is 1. The number of amides is 3. The molecule has 12 nitrogen and oxygen atoms in total. The van der Waals surface area contributed by atoms with E-state index in [0.29, 0.717) is 21.9 Å². The zero-order chi connectivity index (χ0) is 42.4. The van der Waals surface area contributed by atoms with Crippen molar-refractivity contribution in [1.82, 2.24) is 9.47 Å². The first-order chi connectivity index (χ1) is 26.5. The molecule has 1 atom stereocenters. The van der Waals surface area contributed by atoms with Gasteiger partial charge in [-0.05, 0) is 80.4 Å². The van der Waals surface area contributed by atoms with Crippen LogP contribution in [0.5, 0.6) is 5.75 Å². The van der Waals surface area contributed by atoms with Crippen LogP contribution in [0, 0.1) is 12.7 Å². The second-order valence-electron chi connectivity index (χ2n) is 12.7. The average Bonchev–Trinajstić information content (AvgIpc) is 3.62. The smallest absolute Gasteiger partial charge is 0.430 e. The van der Waals surface area contributed by atoms with Crippen molar-refractivity contribution in [3.8, 4) is 5.75 Å². The number of ether oxygens (including phenoxy) is 1. The summed E-state index contributed by atoms with van der Waals surface area (Å²) in [5.74, 6) is -5.78.